The number of aryl methyl sites for hydroxylation is 1. The van der Waals surface area contributed by atoms with Gasteiger partial charge in [0.2, 0.25) is 0 Å². The molecule has 0 bridgehead atoms. The standard InChI is InChI=1S/C22H35NO/c1-2-3-4-5-6-7-8-9-10-11-12-13-14-15-20-16-17-21(19-23)22(24)18-20/h16-18,24H,2-15H2,1H3. The van der Waals surface area contributed by atoms with Crippen LogP contribution < -0.4 is 0 Å². The highest BCUT2D eigenvalue weighted by molar-refractivity contribution is 5.44. The maximum Gasteiger partial charge on any atom is 0.133 e. The monoisotopic (exact) mass is 329 g/mol. The van der Waals surface area contributed by atoms with Crippen LogP contribution in [0, 0.1) is 11.3 Å². The van der Waals surface area contributed by atoms with Gasteiger partial charge in [0.25, 0.3) is 0 Å². The second-order valence-electron chi connectivity index (χ2n) is 6.96. The topological polar surface area (TPSA) is 44.0 Å². The molecule has 0 radical (unpaired) electrons. The molecule has 0 aliphatic heterocycles. The first-order chi connectivity index (χ1) is 11.8. The van der Waals surface area contributed by atoms with Crippen molar-refractivity contribution in [1.82, 2.24) is 0 Å². The van der Waals surface area contributed by atoms with Gasteiger partial charge in [0, 0.05) is 0 Å². The van der Waals surface area contributed by atoms with Gasteiger partial charge in [-0.3, -0.25) is 0 Å². The van der Waals surface area contributed by atoms with E-state index in [1.165, 1.54) is 83.5 Å². The lowest BCUT2D eigenvalue weighted by atomic mass is 10.0. The number of aromatic hydroxyl groups is 1. The van der Waals surface area contributed by atoms with E-state index in [9.17, 15) is 5.11 Å². The zero-order valence-electron chi connectivity index (χ0n) is 15.5. The quantitative estimate of drug-likeness (QED) is 0.377. The van der Waals surface area contributed by atoms with Crippen molar-refractivity contribution in [3.8, 4) is 11.8 Å². The van der Waals surface area contributed by atoms with E-state index >= 15 is 0 Å². The second-order valence-corrected chi connectivity index (χ2v) is 6.96. The number of hydrogen-bond acceptors (Lipinski definition) is 2. The van der Waals surface area contributed by atoms with E-state index in [4.69, 9.17) is 5.26 Å². The minimum absolute atomic E-state index is 0.115. The average molecular weight is 330 g/mol. The molecule has 24 heavy (non-hydrogen) atoms. The molecular formula is C22H35NO. The Bertz CT molecular complexity index is 475. The van der Waals surface area contributed by atoms with Gasteiger partial charge in [-0.15, -0.1) is 0 Å². The molecule has 0 amide bonds. The smallest absolute Gasteiger partial charge is 0.133 e. The van der Waals surface area contributed by atoms with Crippen LogP contribution in [0.2, 0.25) is 0 Å². The van der Waals surface area contributed by atoms with E-state index in [-0.39, 0.29) is 5.75 Å². The van der Waals surface area contributed by atoms with Crippen molar-refractivity contribution in [2.75, 3.05) is 0 Å². The molecular weight excluding hydrogens is 294 g/mol. The van der Waals surface area contributed by atoms with Crippen LogP contribution in [-0.2, 0) is 6.42 Å². The first-order valence-electron chi connectivity index (χ1n) is 10.00. The van der Waals surface area contributed by atoms with E-state index in [0.717, 1.165) is 12.0 Å². The molecule has 2 heteroatoms. The molecule has 0 heterocycles. The average Bonchev–Trinajstić information content (AvgIpc) is 2.59. The fourth-order valence-corrected chi connectivity index (χ4v) is 3.17. The van der Waals surface area contributed by atoms with Gasteiger partial charge in [-0.1, -0.05) is 90.0 Å². The van der Waals surface area contributed by atoms with Crippen LogP contribution in [0.1, 0.15) is 102 Å². The maximum absolute atomic E-state index is 9.67. The van der Waals surface area contributed by atoms with Crippen LogP contribution in [0.4, 0.5) is 0 Å². The highest BCUT2D eigenvalue weighted by Crippen LogP contribution is 2.19. The third-order valence-electron chi connectivity index (χ3n) is 4.75. The zero-order chi connectivity index (χ0) is 17.5. The van der Waals surface area contributed by atoms with Crippen molar-refractivity contribution in [3.05, 3.63) is 29.3 Å². The minimum Gasteiger partial charge on any atom is -0.507 e. The number of nitrogens with zero attached hydrogens (tertiary/aromatic N) is 1. The van der Waals surface area contributed by atoms with Crippen LogP contribution in [-0.4, -0.2) is 5.11 Å². The van der Waals surface area contributed by atoms with Crippen molar-refractivity contribution >= 4 is 0 Å². The summed E-state index contributed by atoms with van der Waals surface area (Å²) in [5.41, 5.74) is 1.50. The Morgan fingerprint density at radius 2 is 1.29 bits per heavy atom. The molecule has 0 aliphatic carbocycles. The summed E-state index contributed by atoms with van der Waals surface area (Å²) < 4.78 is 0. The summed E-state index contributed by atoms with van der Waals surface area (Å²) in [5, 5.41) is 18.5. The molecule has 0 fully saturated rings. The molecule has 0 aromatic heterocycles. The van der Waals surface area contributed by atoms with Gasteiger partial charge < -0.3 is 5.11 Å². The predicted molar refractivity (Wildman–Crippen MR) is 102 cm³/mol. The Kier molecular flexibility index (Phi) is 11.9. The molecule has 0 atom stereocenters. The SMILES string of the molecule is CCCCCCCCCCCCCCCc1ccc(C#N)c(O)c1. The predicted octanol–water partition coefficient (Wildman–Crippen LogP) is 6.90. The number of hydrogen-bond donors (Lipinski definition) is 1. The maximum atomic E-state index is 9.67. The molecule has 1 aromatic carbocycles. The van der Waals surface area contributed by atoms with E-state index in [1.54, 1.807) is 12.1 Å². The van der Waals surface area contributed by atoms with Crippen molar-refractivity contribution < 1.29 is 5.11 Å². The summed E-state index contributed by atoms with van der Waals surface area (Å²) in [5.74, 6) is 0.115. The molecule has 0 aliphatic rings. The highest BCUT2D eigenvalue weighted by atomic mass is 16.3. The molecule has 1 aromatic rings. The number of phenolic OH excluding ortho intramolecular Hbond substituents is 1. The third-order valence-corrected chi connectivity index (χ3v) is 4.75. The lowest BCUT2D eigenvalue weighted by Crippen LogP contribution is -1.88. The van der Waals surface area contributed by atoms with Crippen LogP contribution in [0.25, 0.3) is 0 Å². The van der Waals surface area contributed by atoms with E-state index in [2.05, 4.69) is 6.92 Å². The van der Waals surface area contributed by atoms with Crippen LogP contribution in [0.15, 0.2) is 18.2 Å². The fourth-order valence-electron chi connectivity index (χ4n) is 3.17. The number of rotatable bonds is 14. The van der Waals surface area contributed by atoms with Gasteiger partial charge in [0.05, 0.1) is 5.56 Å². The summed E-state index contributed by atoms with van der Waals surface area (Å²) in [6.07, 6.45) is 18.7. The van der Waals surface area contributed by atoms with E-state index < -0.39 is 0 Å². The summed E-state index contributed by atoms with van der Waals surface area (Å²) in [6, 6.07) is 7.40. The van der Waals surface area contributed by atoms with Crippen molar-refractivity contribution in [2.24, 2.45) is 0 Å². The van der Waals surface area contributed by atoms with Gasteiger partial charge in [-0.05, 0) is 30.5 Å². The minimum atomic E-state index is 0.115. The first kappa shape index (κ1) is 20.6. The molecule has 1 rings (SSSR count). The summed E-state index contributed by atoms with van der Waals surface area (Å²) in [7, 11) is 0. The van der Waals surface area contributed by atoms with Gasteiger partial charge >= 0.3 is 0 Å². The number of phenols is 1. The second kappa shape index (κ2) is 13.9. The van der Waals surface area contributed by atoms with Crippen LogP contribution >= 0.6 is 0 Å². The molecule has 0 spiro atoms. The van der Waals surface area contributed by atoms with Gasteiger partial charge in [-0.25, -0.2) is 0 Å². The number of benzene rings is 1. The Labute approximate surface area is 148 Å². The Hall–Kier alpha value is -1.49. The Morgan fingerprint density at radius 1 is 0.792 bits per heavy atom. The van der Waals surface area contributed by atoms with Crippen molar-refractivity contribution in [1.29, 1.82) is 5.26 Å². The van der Waals surface area contributed by atoms with Crippen LogP contribution in [0.3, 0.4) is 0 Å². The van der Waals surface area contributed by atoms with Gasteiger partial charge in [-0.2, -0.15) is 5.26 Å². The summed E-state index contributed by atoms with van der Waals surface area (Å²) in [6.45, 7) is 2.27. The van der Waals surface area contributed by atoms with E-state index in [1.807, 2.05) is 12.1 Å². The number of nitriles is 1. The summed E-state index contributed by atoms with van der Waals surface area (Å²) in [4.78, 5) is 0. The van der Waals surface area contributed by atoms with Gasteiger partial charge in [0.1, 0.15) is 11.8 Å². The lowest BCUT2D eigenvalue weighted by Gasteiger charge is -2.04. The van der Waals surface area contributed by atoms with Gasteiger partial charge in [0.15, 0.2) is 0 Å². The van der Waals surface area contributed by atoms with Crippen molar-refractivity contribution in [3.63, 3.8) is 0 Å². The number of unbranched alkanes of at least 4 members (excludes halogenated alkanes) is 12. The molecule has 0 unspecified atom stereocenters. The zero-order valence-corrected chi connectivity index (χ0v) is 15.5. The highest BCUT2D eigenvalue weighted by Gasteiger charge is 2.01. The Balaban J connectivity index is 1.90. The van der Waals surface area contributed by atoms with E-state index in [0.29, 0.717) is 5.56 Å². The summed E-state index contributed by atoms with van der Waals surface area (Å²) >= 11 is 0. The third kappa shape index (κ3) is 9.60. The molecule has 0 saturated heterocycles. The molecule has 1 N–H and O–H groups in total. The Morgan fingerprint density at radius 3 is 1.75 bits per heavy atom. The van der Waals surface area contributed by atoms with Crippen LogP contribution in [0.5, 0.6) is 5.75 Å². The largest absolute Gasteiger partial charge is 0.507 e. The lowest BCUT2D eigenvalue weighted by molar-refractivity contribution is 0.472. The van der Waals surface area contributed by atoms with Crippen molar-refractivity contribution in [2.45, 2.75) is 96.8 Å². The fraction of sp³-hybridized carbons (Fsp3) is 0.682. The molecule has 0 saturated carbocycles. The normalized spacial score (nSPS) is 10.7. The molecule has 2 nitrogen and oxygen atoms in total. The molecule has 134 valence electrons. The first-order valence-corrected chi connectivity index (χ1v) is 10.00.